The Morgan fingerprint density at radius 1 is 1.13 bits per heavy atom. The van der Waals surface area contributed by atoms with Crippen LogP contribution < -0.4 is 5.32 Å². The van der Waals surface area contributed by atoms with E-state index in [1.807, 2.05) is 0 Å². The molecule has 0 aromatic carbocycles. The van der Waals surface area contributed by atoms with E-state index in [0.717, 1.165) is 0 Å². The molecular formula is C14H25NO8. The van der Waals surface area contributed by atoms with Gasteiger partial charge in [-0.2, -0.15) is 0 Å². The van der Waals surface area contributed by atoms with Gasteiger partial charge in [-0.25, -0.2) is 0 Å². The third-order valence-corrected chi connectivity index (χ3v) is 3.46. The van der Waals surface area contributed by atoms with Gasteiger partial charge in [-0.1, -0.05) is 0 Å². The zero-order valence-electron chi connectivity index (χ0n) is 13.1. The highest BCUT2D eigenvalue weighted by Crippen LogP contribution is 2.22. The summed E-state index contributed by atoms with van der Waals surface area (Å²) >= 11 is 0. The Labute approximate surface area is 134 Å². The molecule has 0 aromatic heterocycles. The first-order valence-corrected chi connectivity index (χ1v) is 7.55. The number of unbranched alkanes of at least 4 members (excludes halogenated alkanes) is 1. The van der Waals surface area contributed by atoms with E-state index < -0.39 is 37.3 Å². The monoisotopic (exact) mass is 335 g/mol. The van der Waals surface area contributed by atoms with Gasteiger partial charge in [0.25, 0.3) is 0 Å². The maximum atomic E-state index is 11.4. The highest BCUT2D eigenvalue weighted by atomic mass is 16.7. The fraction of sp³-hybridized carbons (Fsp3) is 0.857. The van der Waals surface area contributed by atoms with Crippen LogP contribution in [-0.4, -0.2) is 82.6 Å². The van der Waals surface area contributed by atoms with E-state index in [1.54, 1.807) is 0 Å². The van der Waals surface area contributed by atoms with E-state index in [2.05, 4.69) is 5.32 Å². The third-order valence-electron chi connectivity index (χ3n) is 3.46. The summed E-state index contributed by atoms with van der Waals surface area (Å²) in [4.78, 5) is 22.1. The maximum Gasteiger partial charge on any atom is 0.220 e. The number of aliphatic hydroxyl groups is 4. The van der Waals surface area contributed by atoms with Gasteiger partial charge in [-0.15, -0.1) is 0 Å². The average Bonchev–Trinajstić information content (AvgIpc) is 2.52. The number of ketones is 1. The molecule has 1 saturated heterocycles. The Balaban J connectivity index is 2.22. The van der Waals surface area contributed by atoms with Gasteiger partial charge in [0.1, 0.15) is 30.2 Å². The van der Waals surface area contributed by atoms with Gasteiger partial charge in [-0.3, -0.25) is 9.59 Å². The van der Waals surface area contributed by atoms with Crippen molar-refractivity contribution in [3.63, 3.8) is 0 Å². The molecule has 1 aliphatic heterocycles. The van der Waals surface area contributed by atoms with Crippen LogP contribution in [0.3, 0.4) is 0 Å². The number of Topliss-reactive ketones (excluding diaryl/α,β-unsaturated/α-hetero) is 1. The predicted molar refractivity (Wildman–Crippen MR) is 77.3 cm³/mol. The Hall–Kier alpha value is -1.10. The molecular weight excluding hydrogens is 310 g/mol. The predicted octanol–water partition coefficient (Wildman–Crippen LogP) is -2.32. The van der Waals surface area contributed by atoms with Crippen LogP contribution in [0.2, 0.25) is 0 Å². The van der Waals surface area contributed by atoms with Crippen molar-refractivity contribution >= 4 is 11.7 Å². The molecule has 5 unspecified atom stereocenters. The minimum absolute atomic E-state index is 0.0141. The number of ether oxygens (including phenoxy) is 2. The Kier molecular flexibility index (Phi) is 8.59. The molecule has 5 N–H and O–H groups in total. The standard InChI is InChI=1S/C14H25NO8/c1-8(17)6-15-10(18)4-2-3-5-22-14-13(21)12(20)11(19)9(7-16)23-14/h9,11-14,16,19-21H,2-7H2,1H3,(H,15,18). The van der Waals surface area contributed by atoms with Crippen LogP contribution in [0, 0.1) is 0 Å². The molecule has 0 bridgehead atoms. The van der Waals surface area contributed by atoms with Gasteiger partial charge < -0.3 is 35.2 Å². The number of hydrogen-bond donors (Lipinski definition) is 5. The number of hydrogen-bond acceptors (Lipinski definition) is 8. The largest absolute Gasteiger partial charge is 0.394 e. The van der Waals surface area contributed by atoms with Gasteiger partial charge in [0.15, 0.2) is 6.29 Å². The summed E-state index contributed by atoms with van der Waals surface area (Å²) in [5.41, 5.74) is 0. The van der Waals surface area contributed by atoms with Gasteiger partial charge in [-0.05, 0) is 19.8 Å². The molecule has 0 saturated carbocycles. The Morgan fingerprint density at radius 2 is 1.83 bits per heavy atom. The molecule has 23 heavy (non-hydrogen) atoms. The molecule has 1 amide bonds. The Bertz CT molecular complexity index is 389. The summed E-state index contributed by atoms with van der Waals surface area (Å²) in [6.45, 7) is 1.05. The highest BCUT2D eigenvalue weighted by molar-refractivity contribution is 5.84. The first kappa shape index (κ1) is 19.9. The van der Waals surface area contributed by atoms with Crippen LogP contribution in [0.4, 0.5) is 0 Å². The number of aliphatic hydroxyl groups excluding tert-OH is 4. The molecule has 0 aliphatic carbocycles. The topological polar surface area (TPSA) is 146 Å². The van der Waals surface area contributed by atoms with Crippen LogP contribution in [0.5, 0.6) is 0 Å². The number of rotatable bonds is 9. The number of carbonyl (C=O) groups is 2. The highest BCUT2D eigenvalue weighted by Gasteiger charge is 2.43. The van der Waals surface area contributed by atoms with Crippen molar-refractivity contribution in [1.29, 1.82) is 0 Å². The van der Waals surface area contributed by atoms with Crippen molar-refractivity contribution in [3.05, 3.63) is 0 Å². The molecule has 5 atom stereocenters. The van der Waals surface area contributed by atoms with Crippen LogP contribution >= 0.6 is 0 Å². The van der Waals surface area contributed by atoms with E-state index in [0.29, 0.717) is 12.8 Å². The lowest BCUT2D eigenvalue weighted by molar-refractivity contribution is -0.301. The molecule has 9 nitrogen and oxygen atoms in total. The fourth-order valence-electron chi connectivity index (χ4n) is 2.10. The summed E-state index contributed by atoms with van der Waals surface area (Å²) in [6, 6.07) is 0. The van der Waals surface area contributed by atoms with Crippen molar-refractivity contribution in [2.45, 2.75) is 56.9 Å². The number of amides is 1. The summed E-state index contributed by atoms with van der Waals surface area (Å²) < 4.78 is 10.5. The van der Waals surface area contributed by atoms with Gasteiger partial charge >= 0.3 is 0 Å². The van der Waals surface area contributed by atoms with Crippen molar-refractivity contribution < 1.29 is 39.5 Å². The zero-order valence-corrected chi connectivity index (χ0v) is 13.1. The molecule has 1 heterocycles. The lowest BCUT2D eigenvalue weighted by Crippen LogP contribution is -2.59. The van der Waals surface area contributed by atoms with Gasteiger partial charge in [0, 0.05) is 13.0 Å². The third kappa shape index (κ3) is 6.50. The van der Waals surface area contributed by atoms with Crippen molar-refractivity contribution in [1.82, 2.24) is 5.32 Å². The summed E-state index contributed by atoms with van der Waals surface area (Å²) in [5, 5.41) is 40.5. The van der Waals surface area contributed by atoms with Crippen molar-refractivity contribution in [2.75, 3.05) is 19.8 Å². The van der Waals surface area contributed by atoms with E-state index >= 15 is 0 Å². The van der Waals surface area contributed by atoms with Crippen molar-refractivity contribution in [3.8, 4) is 0 Å². The number of nitrogens with one attached hydrogen (secondary N) is 1. The summed E-state index contributed by atoms with van der Waals surface area (Å²) in [6.07, 6.45) is -5.21. The second-order valence-corrected chi connectivity index (χ2v) is 5.50. The first-order valence-electron chi connectivity index (χ1n) is 7.55. The van der Waals surface area contributed by atoms with E-state index in [4.69, 9.17) is 14.6 Å². The van der Waals surface area contributed by atoms with Crippen LogP contribution in [0.1, 0.15) is 26.2 Å². The average molecular weight is 335 g/mol. The quantitative estimate of drug-likeness (QED) is 0.295. The minimum atomic E-state index is -1.47. The number of carbonyl (C=O) groups excluding carboxylic acids is 2. The SMILES string of the molecule is CC(=O)CNC(=O)CCCCOC1OC(CO)C(O)C(O)C1O. The molecule has 0 radical (unpaired) electrons. The van der Waals surface area contributed by atoms with E-state index in [-0.39, 0.29) is 31.3 Å². The smallest absolute Gasteiger partial charge is 0.220 e. The zero-order chi connectivity index (χ0) is 17.4. The van der Waals surface area contributed by atoms with E-state index in [9.17, 15) is 24.9 Å². The van der Waals surface area contributed by atoms with Crippen LogP contribution in [0.25, 0.3) is 0 Å². The van der Waals surface area contributed by atoms with E-state index in [1.165, 1.54) is 6.92 Å². The summed E-state index contributed by atoms with van der Waals surface area (Å²) in [5.74, 6) is -0.350. The maximum absolute atomic E-state index is 11.4. The molecule has 9 heteroatoms. The minimum Gasteiger partial charge on any atom is -0.394 e. The normalized spacial score (nSPS) is 30.9. The van der Waals surface area contributed by atoms with Crippen molar-refractivity contribution in [2.24, 2.45) is 0 Å². The molecule has 1 rings (SSSR count). The Morgan fingerprint density at radius 3 is 2.43 bits per heavy atom. The first-order chi connectivity index (χ1) is 10.9. The fourth-order valence-corrected chi connectivity index (χ4v) is 2.10. The van der Waals surface area contributed by atoms with Crippen LogP contribution in [-0.2, 0) is 19.1 Å². The molecule has 1 fully saturated rings. The molecule has 1 aliphatic rings. The van der Waals surface area contributed by atoms with Crippen LogP contribution in [0.15, 0.2) is 0 Å². The molecule has 134 valence electrons. The second-order valence-electron chi connectivity index (χ2n) is 5.50. The second kappa shape index (κ2) is 9.91. The molecule has 0 spiro atoms. The van der Waals surface area contributed by atoms with Gasteiger partial charge in [0.05, 0.1) is 13.2 Å². The summed E-state index contributed by atoms with van der Waals surface area (Å²) in [7, 11) is 0. The van der Waals surface area contributed by atoms with Gasteiger partial charge in [0.2, 0.25) is 5.91 Å². The molecule has 0 aromatic rings. The lowest BCUT2D eigenvalue weighted by Gasteiger charge is -2.39. The lowest BCUT2D eigenvalue weighted by atomic mass is 9.99.